The Morgan fingerprint density at radius 1 is 1.03 bits per heavy atom. The van der Waals surface area contributed by atoms with Crippen LogP contribution in [-0.2, 0) is 0 Å². The molecular weight excluding hydrogens is 424 g/mol. The molecule has 1 heterocycles. The number of nitrogens with one attached hydrogen (secondary N) is 2. The van der Waals surface area contributed by atoms with Gasteiger partial charge in [-0.1, -0.05) is 6.07 Å². The summed E-state index contributed by atoms with van der Waals surface area (Å²) in [5.74, 6) is 0.775. The molecule has 2 unspecified atom stereocenters. The third kappa shape index (κ3) is 5.57. The molecule has 0 aliphatic carbocycles. The molecule has 1 amide bonds. The zero-order valence-corrected chi connectivity index (χ0v) is 18.9. The summed E-state index contributed by atoms with van der Waals surface area (Å²) < 4.78 is 10.6. The number of methoxy groups -OCH3 is 2. The number of carbonyl (C=O) groups excluding carboxylic acids is 1. The Kier molecular flexibility index (Phi) is 7.45. The van der Waals surface area contributed by atoms with E-state index < -0.39 is 16.9 Å². The van der Waals surface area contributed by atoms with E-state index in [1.165, 1.54) is 12.1 Å². The molecule has 172 valence electrons. The third-order valence-electron chi connectivity index (χ3n) is 5.21. The molecule has 9 nitrogen and oxygen atoms in total. The number of hydrogen-bond acceptors (Lipinski definition) is 7. The van der Waals surface area contributed by atoms with E-state index in [0.717, 1.165) is 11.3 Å². The number of nitro benzene ring substituents is 1. The Morgan fingerprint density at radius 2 is 1.82 bits per heavy atom. The van der Waals surface area contributed by atoms with Crippen molar-refractivity contribution in [2.75, 3.05) is 19.5 Å². The molecule has 3 rings (SSSR count). The van der Waals surface area contributed by atoms with Crippen LogP contribution in [0.4, 0.5) is 11.4 Å². The van der Waals surface area contributed by atoms with Gasteiger partial charge in [-0.2, -0.15) is 0 Å². The van der Waals surface area contributed by atoms with Crippen LogP contribution < -0.4 is 20.1 Å². The van der Waals surface area contributed by atoms with Crippen LogP contribution in [-0.4, -0.2) is 30.0 Å². The van der Waals surface area contributed by atoms with Crippen molar-refractivity contribution in [3.8, 4) is 11.5 Å². The van der Waals surface area contributed by atoms with E-state index in [9.17, 15) is 14.9 Å². The third-order valence-corrected chi connectivity index (χ3v) is 5.21. The lowest BCUT2D eigenvalue weighted by Gasteiger charge is -2.19. The van der Waals surface area contributed by atoms with E-state index in [4.69, 9.17) is 9.47 Å². The molecule has 2 aromatic carbocycles. The minimum Gasteiger partial charge on any atom is -0.497 e. The van der Waals surface area contributed by atoms with Gasteiger partial charge in [-0.05, 0) is 56.3 Å². The van der Waals surface area contributed by atoms with E-state index >= 15 is 0 Å². The first-order valence-corrected chi connectivity index (χ1v) is 10.3. The van der Waals surface area contributed by atoms with Crippen LogP contribution >= 0.6 is 0 Å². The Morgan fingerprint density at radius 3 is 2.45 bits per heavy atom. The minimum absolute atomic E-state index is 0.173. The van der Waals surface area contributed by atoms with Crippen LogP contribution in [0.15, 0.2) is 60.8 Å². The van der Waals surface area contributed by atoms with Gasteiger partial charge in [0.1, 0.15) is 17.2 Å². The average molecular weight is 450 g/mol. The fourth-order valence-corrected chi connectivity index (χ4v) is 3.42. The van der Waals surface area contributed by atoms with E-state index in [0.29, 0.717) is 17.2 Å². The highest BCUT2D eigenvalue weighted by atomic mass is 16.6. The largest absolute Gasteiger partial charge is 0.497 e. The lowest BCUT2D eigenvalue weighted by Crippen LogP contribution is -2.27. The summed E-state index contributed by atoms with van der Waals surface area (Å²) in [6, 6.07) is 14.4. The number of nitro groups is 1. The highest BCUT2D eigenvalue weighted by Crippen LogP contribution is 2.31. The van der Waals surface area contributed by atoms with Crippen molar-refractivity contribution >= 4 is 17.3 Å². The van der Waals surface area contributed by atoms with Crippen molar-refractivity contribution in [2.45, 2.75) is 25.9 Å². The summed E-state index contributed by atoms with van der Waals surface area (Å²) in [6.07, 6.45) is 1.66. The molecule has 0 spiro atoms. The van der Waals surface area contributed by atoms with Crippen molar-refractivity contribution in [1.29, 1.82) is 0 Å². The topological polar surface area (TPSA) is 116 Å². The lowest BCUT2D eigenvalue weighted by atomic mass is 10.1. The number of anilines is 1. The maximum Gasteiger partial charge on any atom is 0.293 e. The fourth-order valence-electron chi connectivity index (χ4n) is 3.42. The maximum absolute atomic E-state index is 12.9. The highest BCUT2D eigenvalue weighted by Gasteiger charge is 2.21. The summed E-state index contributed by atoms with van der Waals surface area (Å²) in [5.41, 5.74) is 1.75. The number of pyridine rings is 1. The van der Waals surface area contributed by atoms with Crippen LogP contribution in [0.2, 0.25) is 0 Å². The molecular formula is C24H26N4O5. The number of benzene rings is 2. The zero-order chi connectivity index (χ0) is 24.0. The molecule has 0 aliphatic heterocycles. The van der Waals surface area contributed by atoms with Gasteiger partial charge in [0.2, 0.25) is 0 Å². The first kappa shape index (κ1) is 23.5. The highest BCUT2D eigenvalue weighted by molar-refractivity contribution is 5.96. The second-order valence-electron chi connectivity index (χ2n) is 7.41. The molecule has 9 heteroatoms. The Bertz CT molecular complexity index is 1140. The fraction of sp³-hybridized carbons (Fsp3) is 0.250. The van der Waals surface area contributed by atoms with Gasteiger partial charge in [0, 0.05) is 23.4 Å². The van der Waals surface area contributed by atoms with Crippen LogP contribution in [0.1, 0.15) is 47.5 Å². The molecule has 0 saturated carbocycles. The number of amides is 1. The van der Waals surface area contributed by atoms with Crippen molar-refractivity contribution in [3.63, 3.8) is 0 Å². The van der Waals surface area contributed by atoms with E-state index in [-0.39, 0.29) is 17.3 Å². The van der Waals surface area contributed by atoms with Gasteiger partial charge in [-0.25, -0.2) is 0 Å². The number of carbonyl (C=O) groups is 1. The predicted molar refractivity (Wildman–Crippen MR) is 125 cm³/mol. The molecule has 0 saturated heterocycles. The summed E-state index contributed by atoms with van der Waals surface area (Å²) >= 11 is 0. The number of rotatable bonds is 9. The minimum atomic E-state index is -0.515. The first-order chi connectivity index (χ1) is 15.8. The molecule has 0 aliphatic rings. The van der Waals surface area contributed by atoms with Crippen molar-refractivity contribution in [2.24, 2.45) is 0 Å². The molecule has 2 atom stereocenters. The van der Waals surface area contributed by atoms with Crippen molar-refractivity contribution < 1.29 is 19.2 Å². The molecule has 33 heavy (non-hydrogen) atoms. The summed E-state index contributed by atoms with van der Waals surface area (Å²) in [5, 5.41) is 17.7. The molecule has 3 aromatic rings. The van der Waals surface area contributed by atoms with Gasteiger partial charge in [-0.3, -0.25) is 19.9 Å². The normalized spacial score (nSPS) is 12.4. The molecule has 1 aromatic heterocycles. The summed E-state index contributed by atoms with van der Waals surface area (Å²) in [6.45, 7) is 3.66. The standard InChI is InChI=1S/C24H26N4O5/c1-15(19-14-18(32-3)9-11-23(19)33-4)27-24(29)17-8-10-21(22(13-17)28(30)31)26-16(2)20-7-5-6-12-25-20/h5-16,26H,1-4H3,(H,27,29). The summed E-state index contributed by atoms with van der Waals surface area (Å²) in [7, 11) is 3.10. The number of nitrogens with zero attached hydrogens (tertiary/aromatic N) is 2. The second kappa shape index (κ2) is 10.4. The van der Waals surface area contributed by atoms with Crippen LogP contribution in [0, 0.1) is 10.1 Å². The van der Waals surface area contributed by atoms with Crippen molar-refractivity contribution in [1.82, 2.24) is 10.3 Å². The summed E-state index contributed by atoms with van der Waals surface area (Å²) in [4.78, 5) is 28.3. The van der Waals surface area contributed by atoms with Gasteiger partial charge < -0.3 is 20.1 Å². The van der Waals surface area contributed by atoms with Crippen LogP contribution in [0.3, 0.4) is 0 Å². The van der Waals surface area contributed by atoms with Gasteiger partial charge in [-0.15, -0.1) is 0 Å². The maximum atomic E-state index is 12.9. The monoisotopic (exact) mass is 450 g/mol. The molecule has 0 radical (unpaired) electrons. The predicted octanol–water partition coefficient (Wildman–Crippen LogP) is 4.67. The molecule has 0 fully saturated rings. The number of ether oxygens (including phenoxy) is 2. The van der Waals surface area contributed by atoms with Gasteiger partial charge in [0.15, 0.2) is 0 Å². The Hall–Kier alpha value is -4.14. The Labute approximate surface area is 191 Å². The van der Waals surface area contributed by atoms with E-state index in [2.05, 4.69) is 15.6 Å². The first-order valence-electron chi connectivity index (χ1n) is 10.3. The SMILES string of the molecule is COc1ccc(OC)c(C(C)NC(=O)c2ccc(NC(C)c3ccccn3)c([N+](=O)[O-])c2)c1. The van der Waals surface area contributed by atoms with Crippen LogP contribution in [0.25, 0.3) is 0 Å². The lowest BCUT2D eigenvalue weighted by molar-refractivity contribution is -0.384. The number of hydrogen-bond donors (Lipinski definition) is 2. The zero-order valence-electron chi connectivity index (χ0n) is 18.9. The van der Waals surface area contributed by atoms with Gasteiger partial charge in [0.05, 0.1) is 36.9 Å². The van der Waals surface area contributed by atoms with Gasteiger partial charge in [0.25, 0.3) is 11.6 Å². The van der Waals surface area contributed by atoms with E-state index in [1.807, 2.05) is 19.1 Å². The second-order valence-corrected chi connectivity index (χ2v) is 7.41. The van der Waals surface area contributed by atoms with Crippen LogP contribution in [0.5, 0.6) is 11.5 Å². The molecule has 2 N–H and O–H groups in total. The average Bonchev–Trinajstić information content (AvgIpc) is 2.84. The number of aromatic nitrogens is 1. The molecule has 0 bridgehead atoms. The quantitative estimate of drug-likeness (QED) is 0.359. The Balaban J connectivity index is 1.81. The van der Waals surface area contributed by atoms with E-state index in [1.54, 1.807) is 57.7 Å². The van der Waals surface area contributed by atoms with Gasteiger partial charge >= 0.3 is 0 Å². The van der Waals surface area contributed by atoms with Crippen molar-refractivity contribution in [3.05, 3.63) is 87.7 Å². The smallest absolute Gasteiger partial charge is 0.293 e.